The second-order valence-electron chi connectivity index (χ2n) is 4.46. The van der Waals surface area contributed by atoms with Crippen molar-refractivity contribution < 1.29 is 0 Å². The first-order valence-electron chi connectivity index (χ1n) is 5.52. The second kappa shape index (κ2) is 4.11. The number of hydrogen-bond acceptors (Lipinski definition) is 2. The van der Waals surface area contributed by atoms with Crippen LogP contribution >= 0.6 is 0 Å². The van der Waals surface area contributed by atoms with E-state index in [-0.39, 0.29) is 0 Å². The van der Waals surface area contributed by atoms with Gasteiger partial charge in [0.05, 0.1) is 12.0 Å². The van der Waals surface area contributed by atoms with Crippen molar-refractivity contribution in [1.82, 2.24) is 5.32 Å². The Balaban J connectivity index is 1.94. The summed E-state index contributed by atoms with van der Waals surface area (Å²) in [5.41, 5.74) is 0. The summed E-state index contributed by atoms with van der Waals surface area (Å²) in [4.78, 5) is 0. The van der Waals surface area contributed by atoms with Crippen molar-refractivity contribution >= 4 is 0 Å². The van der Waals surface area contributed by atoms with Crippen LogP contribution in [0.15, 0.2) is 0 Å². The lowest BCUT2D eigenvalue weighted by Gasteiger charge is -2.28. The third-order valence-corrected chi connectivity index (χ3v) is 3.68. The van der Waals surface area contributed by atoms with Crippen molar-refractivity contribution in [3.8, 4) is 6.07 Å². The first kappa shape index (κ1) is 9.02. The highest BCUT2D eigenvalue weighted by Crippen LogP contribution is 2.35. The average molecular weight is 178 g/mol. The summed E-state index contributed by atoms with van der Waals surface area (Å²) >= 11 is 0. The van der Waals surface area contributed by atoms with Crippen LogP contribution in [-0.4, -0.2) is 13.1 Å². The van der Waals surface area contributed by atoms with Gasteiger partial charge in [-0.3, -0.25) is 0 Å². The van der Waals surface area contributed by atoms with Gasteiger partial charge >= 0.3 is 0 Å². The van der Waals surface area contributed by atoms with Gasteiger partial charge in [0.1, 0.15) is 0 Å². The van der Waals surface area contributed by atoms with E-state index in [0.717, 1.165) is 19.0 Å². The Kier molecular flexibility index (Phi) is 2.85. The van der Waals surface area contributed by atoms with Crippen molar-refractivity contribution in [3.63, 3.8) is 0 Å². The first-order valence-corrected chi connectivity index (χ1v) is 5.52. The average Bonchev–Trinajstić information content (AvgIpc) is 2.67. The van der Waals surface area contributed by atoms with Gasteiger partial charge in [-0.15, -0.1) is 0 Å². The lowest BCUT2D eigenvalue weighted by molar-refractivity contribution is 0.240. The molecule has 0 radical (unpaired) electrons. The van der Waals surface area contributed by atoms with Gasteiger partial charge in [0.15, 0.2) is 0 Å². The number of nitrogens with zero attached hydrogens (tertiary/aromatic N) is 1. The summed E-state index contributed by atoms with van der Waals surface area (Å²) in [6.07, 6.45) is 6.92. The topological polar surface area (TPSA) is 35.8 Å². The van der Waals surface area contributed by atoms with Crippen LogP contribution in [0.4, 0.5) is 0 Å². The maximum absolute atomic E-state index is 8.98. The highest BCUT2D eigenvalue weighted by molar-refractivity contribution is 4.97. The first-order chi connectivity index (χ1) is 6.42. The third kappa shape index (κ3) is 1.86. The zero-order valence-corrected chi connectivity index (χ0v) is 8.13. The Morgan fingerprint density at radius 3 is 2.54 bits per heavy atom. The number of nitriles is 1. The zero-order chi connectivity index (χ0) is 9.10. The van der Waals surface area contributed by atoms with Crippen LogP contribution in [0.3, 0.4) is 0 Å². The Bertz CT molecular complexity index is 201. The monoisotopic (exact) mass is 178 g/mol. The van der Waals surface area contributed by atoms with E-state index in [1.54, 1.807) is 0 Å². The van der Waals surface area contributed by atoms with Gasteiger partial charge < -0.3 is 5.32 Å². The van der Waals surface area contributed by atoms with Crippen LogP contribution in [0, 0.1) is 29.1 Å². The Morgan fingerprint density at radius 2 is 1.85 bits per heavy atom. The SMILES string of the molecule is N#CC1CNCC1C1CCCCC1. The fraction of sp³-hybridized carbons (Fsp3) is 0.909. The van der Waals surface area contributed by atoms with Gasteiger partial charge in [-0.2, -0.15) is 5.26 Å². The van der Waals surface area contributed by atoms with Crippen molar-refractivity contribution in [2.24, 2.45) is 17.8 Å². The van der Waals surface area contributed by atoms with E-state index in [0.29, 0.717) is 11.8 Å². The molecule has 2 fully saturated rings. The molecule has 0 aromatic rings. The molecule has 2 atom stereocenters. The zero-order valence-electron chi connectivity index (χ0n) is 8.13. The molecule has 2 unspecified atom stereocenters. The number of nitrogens with one attached hydrogen (secondary N) is 1. The van der Waals surface area contributed by atoms with Crippen LogP contribution in [0.1, 0.15) is 32.1 Å². The van der Waals surface area contributed by atoms with Gasteiger partial charge in [-0.1, -0.05) is 32.1 Å². The minimum atomic E-state index is 0.295. The highest BCUT2D eigenvalue weighted by Gasteiger charge is 2.33. The van der Waals surface area contributed by atoms with Crippen LogP contribution in [0.2, 0.25) is 0 Å². The maximum Gasteiger partial charge on any atom is 0.0672 e. The molecule has 13 heavy (non-hydrogen) atoms. The molecule has 2 nitrogen and oxygen atoms in total. The normalized spacial score (nSPS) is 35.9. The van der Waals surface area contributed by atoms with Crippen LogP contribution in [0.25, 0.3) is 0 Å². The van der Waals surface area contributed by atoms with Crippen LogP contribution in [0.5, 0.6) is 0 Å². The molecular formula is C11H18N2. The van der Waals surface area contributed by atoms with Gasteiger partial charge in [0, 0.05) is 6.54 Å². The number of hydrogen-bond donors (Lipinski definition) is 1. The molecule has 1 N–H and O–H groups in total. The van der Waals surface area contributed by atoms with E-state index < -0.39 is 0 Å². The molecule has 1 aliphatic heterocycles. The van der Waals surface area contributed by atoms with E-state index in [4.69, 9.17) is 5.26 Å². The molecule has 0 bridgehead atoms. The van der Waals surface area contributed by atoms with Gasteiger partial charge in [0.2, 0.25) is 0 Å². The van der Waals surface area contributed by atoms with Crippen LogP contribution in [-0.2, 0) is 0 Å². The van der Waals surface area contributed by atoms with Crippen molar-refractivity contribution in [2.45, 2.75) is 32.1 Å². The fourth-order valence-corrected chi connectivity index (χ4v) is 2.90. The minimum Gasteiger partial charge on any atom is -0.315 e. The van der Waals surface area contributed by atoms with E-state index in [2.05, 4.69) is 11.4 Å². The summed E-state index contributed by atoms with van der Waals surface area (Å²) in [6.45, 7) is 2.01. The highest BCUT2D eigenvalue weighted by atomic mass is 14.9. The predicted molar refractivity (Wildman–Crippen MR) is 52.0 cm³/mol. The number of rotatable bonds is 1. The third-order valence-electron chi connectivity index (χ3n) is 3.68. The van der Waals surface area contributed by atoms with E-state index in [9.17, 15) is 0 Å². The molecule has 1 aliphatic carbocycles. The Hall–Kier alpha value is -0.550. The molecular weight excluding hydrogens is 160 g/mol. The summed E-state index contributed by atoms with van der Waals surface area (Å²) < 4.78 is 0. The van der Waals surface area contributed by atoms with E-state index in [1.807, 2.05) is 0 Å². The van der Waals surface area contributed by atoms with Crippen molar-refractivity contribution in [2.75, 3.05) is 13.1 Å². The molecule has 1 heterocycles. The molecule has 2 aliphatic rings. The second-order valence-corrected chi connectivity index (χ2v) is 4.46. The molecule has 0 amide bonds. The summed E-state index contributed by atoms with van der Waals surface area (Å²) in [7, 11) is 0. The lowest BCUT2D eigenvalue weighted by atomic mass is 9.76. The molecule has 72 valence electrons. The standard InChI is InChI=1S/C11H18N2/c12-6-10-7-13-8-11(10)9-4-2-1-3-5-9/h9-11,13H,1-5,7-8H2. The summed E-state index contributed by atoms with van der Waals surface area (Å²) in [6, 6.07) is 2.45. The van der Waals surface area contributed by atoms with Crippen molar-refractivity contribution in [3.05, 3.63) is 0 Å². The molecule has 1 saturated carbocycles. The van der Waals surface area contributed by atoms with Crippen LogP contribution < -0.4 is 5.32 Å². The molecule has 2 rings (SSSR count). The largest absolute Gasteiger partial charge is 0.315 e. The maximum atomic E-state index is 8.98. The summed E-state index contributed by atoms with van der Waals surface area (Å²) in [5, 5.41) is 12.3. The quantitative estimate of drug-likeness (QED) is 0.666. The van der Waals surface area contributed by atoms with Gasteiger partial charge in [0.25, 0.3) is 0 Å². The molecule has 0 spiro atoms. The molecule has 0 aromatic heterocycles. The van der Waals surface area contributed by atoms with Crippen molar-refractivity contribution in [1.29, 1.82) is 5.26 Å². The van der Waals surface area contributed by atoms with E-state index in [1.165, 1.54) is 32.1 Å². The molecule has 0 aromatic carbocycles. The molecule has 2 heteroatoms. The van der Waals surface area contributed by atoms with Gasteiger partial charge in [-0.05, 0) is 18.4 Å². The smallest absolute Gasteiger partial charge is 0.0672 e. The van der Waals surface area contributed by atoms with E-state index >= 15 is 0 Å². The fourth-order valence-electron chi connectivity index (χ4n) is 2.90. The Morgan fingerprint density at radius 1 is 1.08 bits per heavy atom. The lowest BCUT2D eigenvalue weighted by Crippen LogP contribution is -2.24. The predicted octanol–water partition coefficient (Wildman–Crippen LogP) is 1.93. The Labute approximate surface area is 80.3 Å². The minimum absolute atomic E-state index is 0.295. The summed E-state index contributed by atoms with van der Waals surface area (Å²) in [5.74, 6) is 1.79. The molecule has 1 saturated heterocycles. The van der Waals surface area contributed by atoms with Gasteiger partial charge in [-0.25, -0.2) is 0 Å².